The molecule has 7 heteroatoms. The fourth-order valence-corrected chi connectivity index (χ4v) is 5.36. The number of nitrogens with zero attached hydrogens (tertiary/aromatic N) is 1. The van der Waals surface area contributed by atoms with Crippen molar-refractivity contribution in [1.29, 1.82) is 0 Å². The van der Waals surface area contributed by atoms with Gasteiger partial charge in [-0.05, 0) is 75.0 Å². The molecule has 0 unspecified atom stereocenters. The number of halogens is 4. The molecule has 0 saturated carbocycles. The summed E-state index contributed by atoms with van der Waals surface area (Å²) in [6.45, 7) is 1.36. The van der Waals surface area contributed by atoms with Crippen molar-refractivity contribution in [2.75, 3.05) is 12.3 Å². The number of hydrogen-bond acceptors (Lipinski definition) is 3. The van der Waals surface area contributed by atoms with Gasteiger partial charge in [0.15, 0.2) is 0 Å². The highest BCUT2D eigenvalue weighted by Gasteiger charge is 2.15. The summed E-state index contributed by atoms with van der Waals surface area (Å²) in [4.78, 5) is 4.53. The summed E-state index contributed by atoms with van der Waals surface area (Å²) in [5, 5.41) is 2.22. The average molecular weight is 590 g/mol. The number of thioether (sulfide) groups is 1. The van der Waals surface area contributed by atoms with Crippen LogP contribution in [0, 0.1) is 7.14 Å². The maximum atomic E-state index is 6.05. The molecular formula is C16H11Cl2I2NOS. The minimum atomic E-state index is 0.456. The van der Waals surface area contributed by atoms with Crippen LogP contribution in [0.1, 0.15) is 11.1 Å². The van der Waals surface area contributed by atoms with Gasteiger partial charge in [-0.3, -0.25) is 4.99 Å². The van der Waals surface area contributed by atoms with E-state index in [2.05, 4.69) is 62.3 Å². The minimum Gasteiger partial charge on any atom is -0.487 e. The maximum absolute atomic E-state index is 6.05. The van der Waals surface area contributed by atoms with Crippen LogP contribution in [0.25, 0.3) is 0 Å². The van der Waals surface area contributed by atoms with E-state index in [-0.39, 0.29) is 0 Å². The minimum absolute atomic E-state index is 0.456. The monoisotopic (exact) mass is 589 g/mol. The van der Waals surface area contributed by atoms with Crippen LogP contribution in [0.5, 0.6) is 5.75 Å². The fourth-order valence-electron chi connectivity index (χ4n) is 2.12. The molecule has 2 nitrogen and oxygen atoms in total. The van der Waals surface area contributed by atoms with Crippen molar-refractivity contribution in [1.82, 2.24) is 0 Å². The van der Waals surface area contributed by atoms with Crippen LogP contribution in [0.15, 0.2) is 35.3 Å². The van der Waals surface area contributed by atoms with Crippen molar-refractivity contribution in [3.05, 3.63) is 58.6 Å². The van der Waals surface area contributed by atoms with E-state index >= 15 is 0 Å². The zero-order chi connectivity index (χ0) is 16.4. The van der Waals surface area contributed by atoms with Crippen LogP contribution in [-0.2, 0) is 6.61 Å². The van der Waals surface area contributed by atoms with Crippen molar-refractivity contribution in [3.63, 3.8) is 0 Å². The van der Waals surface area contributed by atoms with Crippen molar-refractivity contribution >= 4 is 85.2 Å². The van der Waals surface area contributed by atoms with Crippen LogP contribution in [-0.4, -0.2) is 17.3 Å². The largest absolute Gasteiger partial charge is 0.487 e. The molecule has 0 aromatic heterocycles. The smallest absolute Gasteiger partial charge is 0.146 e. The Labute approximate surface area is 176 Å². The molecular weight excluding hydrogens is 579 g/mol. The molecule has 0 fully saturated rings. The van der Waals surface area contributed by atoms with Gasteiger partial charge in [0, 0.05) is 17.9 Å². The number of ether oxygens (including phenoxy) is 1. The Morgan fingerprint density at radius 1 is 1.09 bits per heavy atom. The van der Waals surface area contributed by atoms with Crippen molar-refractivity contribution in [2.24, 2.45) is 4.99 Å². The second-order valence-corrected chi connectivity index (χ2v) is 9.06. The molecule has 1 aliphatic rings. The lowest BCUT2D eigenvalue weighted by Crippen LogP contribution is -2.02. The summed E-state index contributed by atoms with van der Waals surface area (Å²) in [5.74, 6) is 1.96. The van der Waals surface area contributed by atoms with E-state index in [1.807, 2.05) is 23.9 Å². The van der Waals surface area contributed by atoms with Crippen LogP contribution in [0.3, 0.4) is 0 Å². The van der Waals surface area contributed by atoms with E-state index in [0.717, 1.165) is 35.8 Å². The molecule has 0 aliphatic carbocycles. The maximum Gasteiger partial charge on any atom is 0.146 e. The topological polar surface area (TPSA) is 21.6 Å². The standard InChI is InChI=1S/C16H11Cl2I2NOS/c17-11-2-1-9(5-12(11)18)8-22-15-13(19)6-10(7-14(15)20)16-21-3-4-23-16/h1-2,5-7H,3-4,8H2. The molecule has 0 spiro atoms. The molecule has 0 atom stereocenters. The Bertz CT molecular complexity index is 760. The first kappa shape index (κ1) is 18.1. The van der Waals surface area contributed by atoms with E-state index in [1.54, 1.807) is 6.07 Å². The molecule has 23 heavy (non-hydrogen) atoms. The quantitative estimate of drug-likeness (QED) is 0.392. The lowest BCUT2D eigenvalue weighted by molar-refractivity contribution is 0.302. The fraction of sp³-hybridized carbons (Fsp3) is 0.188. The first-order valence-electron chi connectivity index (χ1n) is 6.78. The second-order valence-electron chi connectivity index (χ2n) is 4.84. The Kier molecular flexibility index (Phi) is 6.39. The van der Waals surface area contributed by atoms with Crippen LogP contribution in [0.2, 0.25) is 10.0 Å². The van der Waals surface area contributed by atoms with Crippen molar-refractivity contribution < 1.29 is 4.74 Å². The van der Waals surface area contributed by atoms with Gasteiger partial charge in [-0.1, -0.05) is 29.3 Å². The third-order valence-corrected chi connectivity index (χ3v) is 6.56. The molecule has 1 aliphatic heterocycles. The Balaban J connectivity index is 1.78. The summed E-state index contributed by atoms with van der Waals surface area (Å²) < 4.78 is 8.17. The number of rotatable bonds is 4. The predicted molar refractivity (Wildman–Crippen MR) is 117 cm³/mol. The zero-order valence-electron chi connectivity index (χ0n) is 11.8. The number of benzene rings is 2. The lowest BCUT2D eigenvalue weighted by Gasteiger charge is -2.13. The summed E-state index contributed by atoms with van der Waals surface area (Å²) >= 11 is 18.4. The number of hydrogen-bond donors (Lipinski definition) is 0. The Hall–Kier alpha value is 0.300. The molecule has 1 heterocycles. The van der Waals surface area contributed by atoms with Crippen LogP contribution in [0.4, 0.5) is 0 Å². The highest BCUT2D eigenvalue weighted by atomic mass is 127. The van der Waals surface area contributed by atoms with E-state index < -0.39 is 0 Å². The van der Waals surface area contributed by atoms with Crippen LogP contribution < -0.4 is 4.74 Å². The first-order chi connectivity index (χ1) is 11.0. The third-order valence-electron chi connectivity index (χ3n) is 3.20. The molecule has 0 N–H and O–H groups in total. The zero-order valence-corrected chi connectivity index (χ0v) is 18.4. The third kappa shape index (κ3) is 4.48. The van der Waals surface area contributed by atoms with Gasteiger partial charge in [0.25, 0.3) is 0 Å². The Morgan fingerprint density at radius 2 is 1.83 bits per heavy atom. The van der Waals surface area contributed by atoms with Gasteiger partial charge >= 0.3 is 0 Å². The van der Waals surface area contributed by atoms with Crippen molar-refractivity contribution in [3.8, 4) is 5.75 Å². The first-order valence-corrected chi connectivity index (χ1v) is 10.7. The molecule has 2 aromatic rings. The van der Waals surface area contributed by atoms with E-state index in [4.69, 9.17) is 27.9 Å². The van der Waals surface area contributed by atoms with Gasteiger partial charge < -0.3 is 4.74 Å². The van der Waals surface area contributed by atoms with E-state index in [0.29, 0.717) is 16.7 Å². The molecule has 0 amide bonds. The van der Waals surface area contributed by atoms with Crippen LogP contribution >= 0.6 is 80.1 Å². The van der Waals surface area contributed by atoms with Gasteiger partial charge in [0.05, 0.1) is 22.2 Å². The lowest BCUT2D eigenvalue weighted by atomic mass is 10.2. The van der Waals surface area contributed by atoms with Gasteiger partial charge in [0.2, 0.25) is 0 Å². The Morgan fingerprint density at radius 3 is 2.43 bits per heavy atom. The molecule has 3 rings (SSSR count). The van der Waals surface area contributed by atoms with Gasteiger partial charge in [-0.15, -0.1) is 11.8 Å². The summed E-state index contributed by atoms with van der Waals surface area (Å²) in [6, 6.07) is 9.80. The predicted octanol–water partition coefficient (Wildman–Crippen LogP) is 6.28. The van der Waals surface area contributed by atoms with Gasteiger partial charge in [-0.25, -0.2) is 0 Å². The SMILES string of the molecule is Clc1ccc(COc2c(I)cc(C3=NCCS3)cc2I)cc1Cl. The highest BCUT2D eigenvalue weighted by molar-refractivity contribution is 14.1. The average Bonchev–Trinajstić information content (AvgIpc) is 3.04. The number of aliphatic imine (C=N–C) groups is 1. The van der Waals surface area contributed by atoms with Crippen molar-refractivity contribution in [2.45, 2.75) is 6.61 Å². The van der Waals surface area contributed by atoms with E-state index in [9.17, 15) is 0 Å². The normalized spacial score (nSPS) is 14.0. The van der Waals surface area contributed by atoms with Gasteiger partial charge in [0.1, 0.15) is 12.4 Å². The second kappa shape index (κ2) is 8.12. The molecule has 0 saturated heterocycles. The summed E-state index contributed by atoms with van der Waals surface area (Å²) in [7, 11) is 0. The molecule has 0 radical (unpaired) electrons. The summed E-state index contributed by atoms with van der Waals surface area (Å²) in [5.41, 5.74) is 2.16. The summed E-state index contributed by atoms with van der Waals surface area (Å²) in [6.07, 6.45) is 0. The highest BCUT2D eigenvalue weighted by Crippen LogP contribution is 2.32. The van der Waals surface area contributed by atoms with Gasteiger partial charge in [-0.2, -0.15) is 0 Å². The molecule has 2 aromatic carbocycles. The van der Waals surface area contributed by atoms with E-state index in [1.165, 1.54) is 5.56 Å². The molecule has 0 bridgehead atoms. The molecule has 120 valence electrons.